The largest absolute Gasteiger partial charge is 0.295 e. The molecule has 3 rings (SSSR count). The highest BCUT2D eigenvalue weighted by molar-refractivity contribution is 6.23. The highest BCUT2D eigenvalue weighted by Gasteiger charge is 2.44. The van der Waals surface area contributed by atoms with Crippen molar-refractivity contribution < 1.29 is 19.2 Å². The molecular weight excluding hydrogens is 284 g/mol. The molecule has 22 heavy (non-hydrogen) atoms. The van der Waals surface area contributed by atoms with Crippen molar-refractivity contribution in [2.75, 3.05) is 0 Å². The standard InChI is InChI=1S/C16H14N2O4/c1-2-3-9-4-5-10-11(8-9)16(22)18(15(10)21)12-6-7-13(19)17-14(12)20/h2-5,8,12H,6-7H2,1H3,(H,17,19,20)/b3-2+. The average Bonchev–Trinajstić information content (AvgIpc) is 2.72. The van der Waals surface area contributed by atoms with Gasteiger partial charge in [-0.05, 0) is 31.0 Å². The summed E-state index contributed by atoms with van der Waals surface area (Å²) in [7, 11) is 0. The highest BCUT2D eigenvalue weighted by Crippen LogP contribution is 2.28. The van der Waals surface area contributed by atoms with Crippen LogP contribution in [0.1, 0.15) is 46.0 Å². The third-order valence-electron chi connectivity index (χ3n) is 3.82. The van der Waals surface area contributed by atoms with Crippen LogP contribution in [0.4, 0.5) is 0 Å². The molecule has 1 aromatic rings. The summed E-state index contributed by atoms with van der Waals surface area (Å²) in [5.74, 6) is -1.95. The van der Waals surface area contributed by atoms with Crippen molar-refractivity contribution in [3.8, 4) is 0 Å². The molecule has 2 aliphatic rings. The van der Waals surface area contributed by atoms with Gasteiger partial charge in [0, 0.05) is 6.42 Å². The topological polar surface area (TPSA) is 83.6 Å². The number of carbonyl (C=O) groups excluding carboxylic acids is 4. The maximum atomic E-state index is 12.5. The molecule has 2 aliphatic heterocycles. The lowest BCUT2D eigenvalue weighted by Gasteiger charge is -2.27. The zero-order valence-corrected chi connectivity index (χ0v) is 12.0. The molecule has 1 saturated heterocycles. The molecule has 1 N–H and O–H groups in total. The van der Waals surface area contributed by atoms with Gasteiger partial charge in [-0.3, -0.25) is 29.4 Å². The zero-order valence-electron chi connectivity index (χ0n) is 12.0. The van der Waals surface area contributed by atoms with Crippen LogP contribution in [0.25, 0.3) is 6.08 Å². The molecule has 1 aromatic carbocycles. The fourth-order valence-electron chi connectivity index (χ4n) is 2.78. The number of amides is 4. The van der Waals surface area contributed by atoms with Crippen LogP contribution in [0.15, 0.2) is 24.3 Å². The number of hydrogen-bond acceptors (Lipinski definition) is 4. The molecule has 0 spiro atoms. The number of nitrogens with zero attached hydrogens (tertiary/aromatic N) is 1. The summed E-state index contributed by atoms with van der Waals surface area (Å²) in [6.45, 7) is 1.86. The summed E-state index contributed by atoms with van der Waals surface area (Å²) in [4.78, 5) is 49.0. The Bertz CT molecular complexity index is 736. The Labute approximate surface area is 126 Å². The molecular formula is C16H14N2O4. The normalized spacial score (nSPS) is 21.5. The molecule has 0 bridgehead atoms. The van der Waals surface area contributed by atoms with E-state index in [-0.39, 0.29) is 18.7 Å². The second-order valence-corrected chi connectivity index (χ2v) is 5.25. The predicted molar refractivity (Wildman–Crippen MR) is 77.8 cm³/mol. The summed E-state index contributed by atoms with van der Waals surface area (Å²) in [5, 5.41) is 2.17. The first-order valence-corrected chi connectivity index (χ1v) is 7.01. The van der Waals surface area contributed by atoms with Crippen molar-refractivity contribution in [1.82, 2.24) is 10.2 Å². The number of imide groups is 2. The van der Waals surface area contributed by atoms with Gasteiger partial charge >= 0.3 is 0 Å². The number of allylic oxidation sites excluding steroid dienone is 1. The molecule has 1 atom stereocenters. The Kier molecular flexibility index (Phi) is 3.36. The predicted octanol–water partition coefficient (Wildman–Crippen LogP) is 1.12. The van der Waals surface area contributed by atoms with Gasteiger partial charge in [0.2, 0.25) is 11.8 Å². The maximum Gasteiger partial charge on any atom is 0.262 e. The van der Waals surface area contributed by atoms with Crippen molar-refractivity contribution in [2.45, 2.75) is 25.8 Å². The van der Waals surface area contributed by atoms with Crippen molar-refractivity contribution >= 4 is 29.7 Å². The van der Waals surface area contributed by atoms with Crippen molar-refractivity contribution in [2.24, 2.45) is 0 Å². The Morgan fingerprint density at radius 1 is 1.14 bits per heavy atom. The van der Waals surface area contributed by atoms with E-state index in [1.165, 1.54) is 0 Å². The number of carbonyl (C=O) groups is 4. The van der Waals surface area contributed by atoms with E-state index < -0.39 is 23.8 Å². The molecule has 1 unspecified atom stereocenters. The first kappa shape index (κ1) is 14.2. The molecule has 0 aliphatic carbocycles. The van der Waals surface area contributed by atoms with Crippen LogP contribution in [-0.4, -0.2) is 34.6 Å². The second-order valence-electron chi connectivity index (χ2n) is 5.25. The molecule has 2 heterocycles. The van der Waals surface area contributed by atoms with Gasteiger partial charge in [0.15, 0.2) is 0 Å². The lowest BCUT2D eigenvalue weighted by Crippen LogP contribution is -2.54. The Morgan fingerprint density at radius 2 is 1.86 bits per heavy atom. The van der Waals surface area contributed by atoms with Gasteiger partial charge in [0.1, 0.15) is 6.04 Å². The first-order valence-electron chi connectivity index (χ1n) is 7.01. The monoisotopic (exact) mass is 298 g/mol. The van der Waals surface area contributed by atoms with E-state index in [2.05, 4.69) is 5.32 Å². The molecule has 0 saturated carbocycles. The number of rotatable bonds is 2. The van der Waals surface area contributed by atoms with E-state index in [0.29, 0.717) is 11.1 Å². The van der Waals surface area contributed by atoms with Crippen molar-refractivity contribution in [3.63, 3.8) is 0 Å². The summed E-state index contributed by atoms with van der Waals surface area (Å²) < 4.78 is 0. The van der Waals surface area contributed by atoms with E-state index >= 15 is 0 Å². The summed E-state index contributed by atoms with van der Waals surface area (Å²) >= 11 is 0. The van der Waals surface area contributed by atoms with Crippen molar-refractivity contribution in [1.29, 1.82) is 0 Å². The van der Waals surface area contributed by atoms with Crippen LogP contribution in [0.2, 0.25) is 0 Å². The maximum absolute atomic E-state index is 12.5. The SMILES string of the molecule is C/C=C/c1ccc2c(c1)C(=O)N(C1CCC(=O)NC1=O)C2=O. The van der Waals surface area contributed by atoms with Crippen LogP contribution in [0.5, 0.6) is 0 Å². The van der Waals surface area contributed by atoms with E-state index in [9.17, 15) is 19.2 Å². The lowest BCUT2D eigenvalue weighted by atomic mass is 10.0. The quantitative estimate of drug-likeness (QED) is 0.829. The van der Waals surface area contributed by atoms with E-state index in [4.69, 9.17) is 0 Å². The third kappa shape index (κ3) is 2.13. The molecule has 0 radical (unpaired) electrons. The number of fused-ring (bicyclic) bond motifs is 1. The number of piperidine rings is 1. The molecule has 112 valence electrons. The van der Waals surface area contributed by atoms with Gasteiger partial charge in [-0.2, -0.15) is 0 Å². The van der Waals surface area contributed by atoms with E-state index in [1.54, 1.807) is 18.2 Å². The number of hydrogen-bond donors (Lipinski definition) is 1. The zero-order chi connectivity index (χ0) is 15.9. The van der Waals surface area contributed by atoms with Gasteiger partial charge in [0.05, 0.1) is 11.1 Å². The van der Waals surface area contributed by atoms with E-state index in [1.807, 2.05) is 19.1 Å². The first-order chi connectivity index (χ1) is 10.5. The smallest absolute Gasteiger partial charge is 0.262 e. The summed E-state index contributed by atoms with van der Waals surface area (Å²) in [5.41, 5.74) is 1.40. The van der Waals surface area contributed by atoms with Crippen LogP contribution in [-0.2, 0) is 9.59 Å². The molecule has 0 aromatic heterocycles. The minimum Gasteiger partial charge on any atom is -0.295 e. The third-order valence-corrected chi connectivity index (χ3v) is 3.82. The number of nitrogens with one attached hydrogen (secondary N) is 1. The van der Waals surface area contributed by atoms with Crippen LogP contribution in [0, 0.1) is 0 Å². The average molecular weight is 298 g/mol. The van der Waals surface area contributed by atoms with E-state index in [0.717, 1.165) is 10.5 Å². The van der Waals surface area contributed by atoms with Crippen LogP contribution in [0.3, 0.4) is 0 Å². The number of benzene rings is 1. The second kappa shape index (κ2) is 5.22. The van der Waals surface area contributed by atoms with Gasteiger partial charge in [-0.15, -0.1) is 0 Å². The van der Waals surface area contributed by atoms with Crippen molar-refractivity contribution in [3.05, 3.63) is 41.0 Å². The molecule has 6 nitrogen and oxygen atoms in total. The fourth-order valence-corrected chi connectivity index (χ4v) is 2.78. The fraction of sp³-hybridized carbons (Fsp3) is 0.250. The Balaban J connectivity index is 1.96. The van der Waals surface area contributed by atoms with Gasteiger partial charge in [0.25, 0.3) is 11.8 Å². The highest BCUT2D eigenvalue weighted by atomic mass is 16.2. The molecule has 4 amide bonds. The Morgan fingerprint density at radius 3 is 2.55 bits per heavy atom. The molecule has 1 fully saturated rings. The van der Waals surface area contributed by atoms with Crippen LogP contribution >= 0.6 is 0 Å². The Hall–Kier alpha value is -2.76. The van der Waals surface area contributed by atoms with Crippen LogP contribution < -0.4 is 5.32 Å². The van der Waals surface area contributed by atoms with Gasteiger partial charge in [-0.25, -0.2) is 0 Å². The minimum absolute atomic E-state index is 0.119. The lowest BCUT2D eigenvalue weighted by molar-refractivity contribution is -0.136. The van der Waals surface area contributed by atoms with Gasteiger partial charge < -0.3 is 0 Å². The molecule has 6 heteroatoms. The summed E-state index contributed by atoms with van der Waals surface area (Å²) in [6, 6.07) is 4.06. The van der Waals surface area contributed by atoms with Gasteiger partial charge in [-0.1, -0.05) is 18.2 Å². The summed E-state index contributed by atoms with van der Waals surface area (Å²) in [6.07, 6.45) is 3.94. The minimum atomic E-state index is -0.921.